The van der Waals surface area contributed by atoms with E-state index in [1.54, 1.807) is 26.0 Å². The fraction of sp³-hybridized carbons (Fsp3) is 0.462. The van der Waals surface area contributed by atoms with E-state index in [9.17, 15) is 14.9 Å². The summed E-state index contributed by atoms with van der Waals surface area (Å²) >= 11 is 0. The van der Waals surface area contributed by atoms with E-state index in [1.807, 2.05) is 11.8 Å². The van der Waals surface area contributed by atoms with Crippen molar-refractivity contribution >= 4 is 17.3 Å². The van der Waals surface area contributed by atoms with Gasteiger partial charge < -0.3 is 10.0 Å². The highest BCUT2D eigenvalue weighted by molar-refractivity contribution is 5.70. The van der Waals surface area contributed by atoms with E-state index in [0.29, 0.717) is 24.3 Å². The van der Waals surface area contributed by atoms with E-state index in [4.69, 9.17) is 5.11 Å². The lowest BCUT2D eigenvalue weighted by molar-refractivity contribution is -0.385. The molecule has 0 aliphatic heterocycles. The molecule has 1 rings (SSSR count). The van der Waals surface area contributed by atoms with Crippen LogP contribution in [0.4, 0.5) is 11.4 Å². The molecule has 0 amide bonds. The van der Waals surface area contributed by atoms with Gasteiger partial charge in [-0.05, 0) is 19.9 Å². The number of benzene rings is 1. The van der Waals surface area contributed by atoms with Crippen molar-refractivity contribution in [3.63, 3.8) is 0 Å². The zero-order valence-electron chi connectivity index (χ0n) is 11.3. The largest absolute Gasteiger partial charge is 0.481 e. The summed E-state index contributed by atoms with van der Waals surface area (Å²) in [4.78, 5) is 23.2. The number of carboxylic acids is 1. The Bertz CT molecular complexity index is 488. The van der Waals surface area contributed by atoms with Crippen molar-refractivity contribution in [2.45, 2.75) is 20.8 Å². The molecule has 0 aliphatic carbocycles. The minimum Gasteiger partial charge on any atom is -0.481 e. The predicted octanol–water partition coefficient (Wildman–Crippen LogP) is 2.45. The molecule has 6 heteroatoms. The average molecular weight is 266 g/mol. The zero-order chi connectivity index (χ0) is 14.6. The number of rotatable bonds is 6. The van der Waals surface area contributed by atoms with Crippen molar-refractivity contribution in [2.24, 2.45) is 5.92 Å². The topological polar surface area (TPSA) is 83.7 Å². The molecule has 1 unspecified atom stereocenters. The van der Waals surface area contributed by atoms with Gasteiger partial charge in [0.15, 0.2) is 0 Å². The molecule has 0 heterocycles. The molecule has 0 saturated carbocycles. The molecule has 6 nitrogen and oxygen atoms in total. The minimum atomic E-state index is -0.875. The number of nitrogens with zero attached hydrogens (tertiary/aromatic N) is 2. The number of carboxylic acid groups (broad SMARTS) is 1. The molecule has 0 aromatic heterocycles. The first-order valence-electron chi connectivity index (χ1n) is 6.09. The molecule has 0 saturated heterocycles. The van der Waals surface area contributed by atoms with Gasteiger partial charge in [0.25, 0.3) is 5.69 Å². The summed E-state index contributed by atoms with van der Waals surface area (Å²) in [5, 5.41) is 19.8. The third kappa shape index (κ3) is 3.67. The lowest BCUT2D eigenvalue weighted by Crippen LogP contribution is -2.31. The Kier molecular flexibility index (Phi) is 4.86. The van der Waals surface area contributed by atoms with Crippen molar-refractivity contribution < 1.29 is 14.8 Å². The van der Waals surface area contributed by atoms with Gasteiger partial charge in [-0.2, -0.15) is 0 Å². The van der Waals surface area contributed by atoms with E-state index in [-0.39, 0.29) is 5.69 Å². The summed E-state index contributed by atoms with van der Waals surface area (Å²) in [6.45, 7) is 6.11. The van der Waals surface area contributed by atoms with Crippen LogP contribution in [0, 0.1) is 23.0 Å². The molecule has 104 valence electrons. The van der Waals surface area contributed by atoms with Crippen LogP contribution in [0.15, 0.2) is 18.2 Å². The summed E-state index contributed by atoms with van der Waals surface area (Å²) in [5.74, 6) is -1.40. The van der Waals surface area contributed by atoms with Crippen LogP contribution in [0.1, 0.15) is 19.4 Å². The number of aryl methyl sites for hydroxylation is 1. The van der Waals surface area contributed by atoms with E-state index < -0.39 is 16.8 Å². The second-order valence-corrected chi connectivity index (χ2v) is 4.51. The fourth-order valence-corrected chi connectivity index (χ4v) is 1.82. The Labute approximate surface area is 111 Å². The van der Waals surface area contributed by atoms with Crippen LogP contribution in [0.5, 0.6) is 0 Å². The van der Waals surface area contributed by atoms with Gasteiger partial charge in [0.2, 0.25) is 0 Å². The number of aliphatic carboxylic acids is 1. The van der Waals surface area contributed by atoms with Gasteiger partial charge in [0.1, 0.15) is 0 Å². The Morgan fingerprint density at radius 1 is 1.53 bits per heavy atom. The maximum absolute atomic E-state index is 10.9. The number of nitro groups is 1. The lowest BCUT2D eigenvalue weighted by atomic mass is 10.1. The summed E-state index contributed by atoms with van der Waals surface area (Å²) < 4.78 is 0. The van der Waals surface area contributed by atoms with Crippen LogP contribution < -0.4 is 4.90 Å². The molecule has 19 heavy (non-hydrogen) atoms. The maximum atomic E-state index is 10.9. The van der Waals surface area contributed by atoms with Gasteiger partial charge in [-0.3, -0.25) is 14.9 Å². The van der Waals surface area contributed by atoms with Gasteiger partial charge in [-0.1, -0.05) is 13.0 Å². The van der Waals surface area contributed by atoms with E-state index in [0.717, 1.165) is 0 Å². The summed E-state index contributed by atoms with van der Waals surface area (Å²) in [7, 11) is 0. The fourth-order valence-electron chi connectivity index (χ4n) is 1.82. The SMILES string of the molecule is CCN(CC(C)C(=O)O)c1ccc(C)c([N+](=O)[O-])c1. The second-order valence-electron chi connectivity index (χ2n) is 4.51. The molecule has 0 spiro atoms. The highest BCUT2D eigenvalue weighted by Gasteiger charge is 2.18. The third-order valence-electron chi connectivity index (χ3n) is 3.05. The molecular weight excluding hydrogens is 248 g/mol. The number of anilines is 1. The van der Waals surface area contributed by atoms with Crippen molar-refractivity contribution in [1.82, 2.24) is 0 Å². The van der Waals surface area contributed by atoms with Crippen molar-refractivity contribution in [3.05, 3.63) is 33.9 Å². The quantitative estimate of drug-likeness (QED) is 0.631. The van der Waals surface area contributed by atoms with Gasteiger partial charge in [0, 0.05) is 30.4 Å². The summed E-state index contributed by atoms with van der Waals surface area (Å²) in [6, 6.07) is 4.95. The number of hydrogen-bond donors (Lipinski definition) is 1. The first kappa shape index (κ1) is 14.9. The normalized spacial score (nSPS) is 11.9. The molecule has 1 N–H and O–H groups in total. The van der Waals surface area contributed by atoms with Crippen LogP contribution in [0.3, 0.4) is 0 Å². The molecule has 0 bridgehead atoms. The monoisotopic (exact) mass is 266 g/mol. The van der Waals surface area contributed by atoms with Crippen molar-refractivity contribution in [2.75, 3.05) is 18.0 Å². The Morgan fingerprint density at radius 3 is 2.63 bits per heavy atom. The first-order valence-corrected chi connectivity index (χ1v) is 6.09. The van der Waals surface area contributed by atoms with E-state index in [2.05, 4.69) is 0 Å². The zero-order valence-corrected chi connectivity index (χ0v) is 11.3. The molecule has 1 aromatic carbocycles. The average Bonchev–Trinajstić information content (AvgIpc) is 2.35. The predicted molar refractivity (Wildman–Crippen MR) is 72.5 cm³/mol. The minimum absolute atomic E-state index is 0.0546. The second kappa shape index (κ2) is 6.17. The summed E-state index contributed by atoms with van der Waals surface area (Å²) in [6.07, 6.45) is 0. The molecular formula is C13H18N2O4. The third-order valence-corrected chi connectivity index (χ3v) is 3.05. The Hall–Kier alpha value is -2.11. The first-order chi connectivity index (χ1) is 8.86. The number of carbonyl (C=O) groups is 1. The molecule has 1 atom stereocenters. The number of hydrogen-bond acceptors (Lipinski definition) is 4. The smallest absolute Gasteiger partial charge is 0.308 e. The highest BCUT2D eigenvalue weighted by atomic mass is 16.6. The van der Waals surface area contributed by atoms with Crippen LogP contribution in [-0.4, -0.2) is 29.1 Å². The Balaban J connectivity index is 3.02. The molecule has 1 aromatic rings. The van der Waals surface area contributed by atoms with Crippen molar-refractivity contribution in [3.8, 4) is 0 Å². The molecule has 0 aliphatic rings. The van der Waals surface area contributed by atoms with Crippen LogP contribution in [-0.2, 0) is 4.79 Å². The highest BCUT2D eigenvalue weighted by Crippen LogP contribution is 2.25. The lowest BCUT2D eigenvalue weighted by Gasteiger charge is -2.25. The van der Waals surface area contributed by atoms with Gasteiger partial charge in [0.05, 0.1) is 10.8 Å². The van der Waals surface area contributed by atoms with Gasteiger partial charge in [-0.15, -0.1) is 0 Å². The van der Waals surface area contributed by atoms with Crippen LogP contribution in [0.25, 0.3) is 0 Å². The van der Waals surface area contributed by atoms with Gasteiger partial charge >= 0.3 is 5.97 Å². The van der Waals surface area contributed by atoms with Gasteiger partial charge in [-0.25, -0.2) is 0 Å². The van der Waals surface area contributed by atoms with Crippen LogP contribution in [0.2, 0.25) is 0 Å². The van der Waals surface area contributed by atoms with Crippen molar-refractivity contribution in [1.29, 1.82) is 0 Å². The maximum Gasteiger partial charge on any atom is 0.308 e. The van der Waals surface area contributed by atoms with E-state index >= 15 is 0 Å². The molecule has 0 radical (unpaired) electrons. The summed E-state index contributed by atoms with van der Waals surface area (Å²) in [5.41, 5.74) is 1.32. The number of nitro benzene ring substituents is 1. The standard InChI is InChI=1S/C13H18N2O4/c1-4-14(8-10(3)13(16)17)11-6-5-9(2)12(7-11)15(18)19/h5-7,10H,4,8H2,1-3H3,(H,16,17). The van der Waals surface area contributed by atoms with Crippen LogP contribution >= 0.6 is 0 Å². The molecule has 0 fully saturated rings. The van der Waals surface area contributed by atoms with E-state index in [1.165, 1.54) is 6.07 Å². The Morgan fingerprint density at radius 2 is 2.16 bits per heavy atom.